The van der Waals surface area contributed by atoms with Crippen LogP contribution in [0, 0.1) is 5.82 Å². The number of likely N-dealkylation sites (N-methyl/N-ethyl adjacent to an activating group) is 1. The Labute approximate surface area is 328 Å². The number of unbranched alkanes of at least 4 members (excludes halogenated alkanes) is 2. The highest BCUT2D eigenvalue weighted by Gasteiger charge is 2.51. The SMILES string of the molecule is CCCC/C=C/C(=O)N[C@@H](Cc1cccc(F)c1)C(=O)N[C@@H]1C(=O)N2CCC[C@H]2C(=O)N(C)C2(CCCCC2)C(=O)N[C@@H](C)C(=O)N2CCC[C@H]2C(=O)O[C@H]1C. The average molecular weight is 781 g/mol. The molecule has 6 amide bonds. The minimum atomic E-state index is -1.51. The minimum Gasteiger partial charge on any atom is -0.458 e. The molecule has 4 aliphatic rings. The number of halogens is 1. The van der Waals surface area contributed by atoms with Crippen molar-refractivity contribution in [3.05, 3.63) is 47.8 Å². The summed E-state index contributed by atoms with van der Waals surface area (Å²) in [5, 5.41) is 8.27. The van der Waals surface area contributed by atoms with Crippen molar-refractivity contribution >= 4 is 41.4 Å². The zero-order chi connectivity index (χ0) is 40.6. The first-order valence-electron chi connectivity index (χ1n) is 20.2. The van der Waals surface area contributed by atoms with Crippen molar-refractivity contribution in [1.29, 1.82) is 0 Å². The fraction of sp³-hybridized carbons (Fsp3) is 0.634. The molecule has 0 bridgehead atoms. The van der Waals surface area contributed by atoms with Crippen molar-refractivity contribution in [2.24, 2.45) is 0 Å². The molecule has 3 N–H and O–H groups in total. The molecule has 15 heteroatoms. The predicted octanol–water partition coefficient (Wildman–Crippen LogP) is 2.68. The van der Waals surface area contributed by atoms with Crippen molar-refractivity contribution in [3.63, 3.8) is 0 Å². The molecule has 0 unspecified atom stereocenters. The van der Waals surface area contributed by atoms with E-state index < -0.39 is 89.1 Å². The van der Waals surface area contributed by atoms with Gasteiger partial charge in [-0.25, -0.2) is 9.18 Å². The Kier molecular flexibility index (Phi) is 14.3. The second-order valence-electron chi connectivity index (χ2n) is 15.6. The second-order valence-corrected chi connectivity index (χ2v) is 15.6. The number of carbonyl (C=O) groups is 7. The summed E-state index contributed by atoms with van der Waals surface area (Å²) in [6, 6.07) is -0.142. The van der Waals surface area contributed by atoms with E-state index in [2.05, 4.69) is 16.0 Å². The molecule has 1 aromatic carbocycles. The zero-order valence-electron chi connectivity index (χ0n) is 33.0. The van der Waals surface area contributed by atoms with E-state index in [1.165, 1.54) is 45.9 Å². The lowest BCUT2D eigenvalue weighted by molar-refractivity contribution is -0.164. The fourth-order valence-electron chi connectivity index (χ4n) is 8.47. The molecule has 0 radical (unpaired) electrons. The molecule has 306 valence electrons. The highest BCUT2D eigenvalue weighted by Crippen LogP contribution is 2.36. The normalized spacial score (nSPS) is 26.8. The van der Waals surface area contributed by atoms with Crippen LogP contribution in [0.3, 0.4) is 0 Å². The standard InChI is InChI=1S/C41H57FN6O8/c1-5-6-7-9-19-33(49)44-30(25-28-15-12-16-29(42)24-28)35(50)45-34-27(3)56-39(54)32-18-14-23-48(32)36(51)26(2)43-40(55)41(20-10-8-11-21-41)46(4)37(52)31-17-13-22-47(31)38(34)53/h9,12,15-16,19,24,26-27,30-32,34H,5-8,10-11,13-14,17-18,20-23,25H2,1-4H3,(H,43,55)(H,44,49)(H,45,50)/b19-9+/t26-,27-,30-,31-,32-,34-/m0/s1. The largest absolute Gasteiger partial charge is 0.458 e. The van der Waals surface area contributed by atoms with E-state index in [4.69, 9.17) is 4.74 Å². The number of benzene rings is 1. The number of cyclic esters (lactones) is 1. The van der Waals surface area contributed by atoms with Gasteiger partial charge in [-0.05, 0) is 82.6 Å². The van der Waals surface area contributed by atoms with Gasteiger partial charge in [0.15, 0.2) is 0 Å². The Bertz CT molecular complexity index is 1680. The number of hydrogen-bond donors (Lipinski definition) is 3. The molecule has 6 atom stereocenters. The van der Waals surface area contributed by atoms with Crippen LogP contribution in [0.15, 0.2) is 36.4 Å². The number of fused-ring (bicyclic) bond motifs is 2. The summed E-state index contributed by atoms with van der Waals surface area (Å²) in [5.41, 5.74) is -0.839. The van der Waals surface area contributed by atoms with Gasteiger partial charge in [-0.2, -0.15) is 0 Å². The molecule has 1 aromatic rings. The van der Waals surface area contributed by atoms with Crippen molar-refractivity contribution < 1.29 is 42.7 Å². The Morgan fingerprint density at radius 2 is 1.64 bits per heavy atom. The molecule has 1 spiro atoms. The van der Waals surface area contributed by atoms with Crippen molar-refractivity contribution in [3.8, 4) is 0 Å². The maximum absolute atomic E-state index is 14.7. The van der Waals surface area contributed by atoms with E-state index in [0.717, 1.165) is 19.3 Å². The van der Waals surface area contributed by atoms with E-state index in [1.807, 2.05) is 6.92 Å². The van der Waals surface area contributed by atoms with Crippen LogP contribution in [-0.2, 0) is 44.7 Å². The van der Waals surface area contributed by atoms with Crippen molar-refractivity contribution in [1.82, 2.24) is 30.7 Å². The summed E-state index contributed by atoms with van der Waals surface area (Å²) >= 11 is 0. The maximum atomic E-state index is 14.7. The monoisotopic (exact) mass is 780 g/mol. The van der Waals surface area contributed by atoms with Gasteiger partial charge in [0.1, 0.15) is 47.7 Å². The summed E-state index contributed by atoms with van der Waals surface area (Å²) in [5.74, 6) is -4.71. The first-order chi connectivity index (χ1) is 26.8. The quantitative estimate of drug-likeness (QED) is 0.195. The van der Waals surface area contributed by atoms with E-state index in [1.54, 1.807) is 26.1 Å². The zero-order valence-corrected chi connectivity index (χ0v) is 33.0. The number of esters is 1. The molecule has 3 heterocycles. The van der Waals surface area contributed by atoms with Gasteiger partial charge in [0.2, 0.25) is 35.4 Å². The molecule has 1 aliphatic carbocycles. The fourth-order valence-corrected chi connectivity index (χ4v) is 8.47. The molecule has 4 fully saturated rings. The van der Waals surface area contributed by atoms with Gasteiger partial charge in [-0.15, -0.1) is 0 Å². The van der Waals surface area contributed by atoms with Gasteiger partial charge < -0.3 is 35.4 Å². The number of nitrogens with zero attached hydrogens (tertiary/aromatic N) is 3. The Morgan fingerprint density at radius 1 is 0.964 bits per heavy atom. The number of carbonyl (C=O) groups excluding carboxylic acids is 7. The van der Waals surface area contributed by atoms with Gasteiger partial charge in [-0.3, -0.25) is 28.8 Å². The molecule has 14 nitrogen and oxygen atoms in total. The Balaban J connectivity index is 1.50. The molecule has 5 rings (SSSR count). The van der Waals surface area contributed by atoms with Gasteiger partial charge in [-0.1, -0.05) is 57.2 Å². The van der Waals surface area contributed by atoms with Crippen LogP contribution >= 0.6 is 0 Å². The highest BCUT2D eigenvalue weighted by atomic mass is 19.1. The minimum absolute atomic E-state index is 0.121. The van der Waals surface area contributed by atoms with Crippen molar-refractivity contribution in [2.45, 2.75) is 146 Å². The average Bonchev–Trinajstić information content (AvgIpc) is 3.88. The lowest BCUT2D eigenvalue weighted by Crippen LogP contribution is -2.66. The van der Waals surface area contributed by atoms with Crippen LogP contribution in [0.25, 0.3) is 0 Å². The number of allylic oxidation sites excluding steroid dienone is 1. The van der Waals surface area contributed by atoms with E-state index in [0.29, 0.717) is 63.4 Å². The maximum Gasteiger partial charge on any atom is 0.329 e. The van der Waals surface area contributed by atoms with Gasteiger partial charge >= 0.3 is 5.97 Å². The second kappa shape index (κ2) is 18.9. The summed E-state index contributed by atoms with van der Waals surface area (Å²) in [6.07, 6.45) is 8.67. The first-order valence-corrected chi connectivity index (χ1v) is 20.2. The molecule has 56 heavy (non-hydrogen) atoms. The van der Waals surface area contributed by atoms with Crippen LogP contribution < -0.4 is 16.0 Å². The van der Waals surface area contributed by atoms with Gasteiger partial charge in [0.05, 0.1) is 0 Å². The number of nitrogens with one attached hydrogen (secondary N) is 3. The van der Waals surface area contributed by atoms with E-state index in [-0.39, 0.29) is 19.5 Å². The summed E-state index contributed by atoms with van der Waals surface area (Å²) in [4.78, 5) is 102. The summed E-state index contributed by atoms with van der Waals surface area (Å²) in [6.45, 7) is 5.46. The number of rotatable bonds is 9. The van der Waals surface area contributed by atoms with Crippen LogP contribution in [0.2, 0.25) is 0 Å². The third kappa shape index (κ3) is 9.58. The van der Waals surface area contributed by atoms with Gasteiger partial charge in [0.25, 0.3) is 0 Å². The molecule has 1 saturated carbocycles. The molecular weight excluding hydrogens is 723 g/mol. The molecule has 3 aliphatic heterocycles. The number of hydrogen-bond acceptors (Lipinski definition) is 8. The molecule has 0 aromatic heterocycles. The Hall–Kier alpha value is -4.82. The third-order valence-corrected chi connectivity index (χ3v) is 11.7. The smallest absolute Gasteiger partial charge is 0.329 e. The summed E-state index contributed by atoms with van der Waals surface area (Å²) in [7, 11) is 1.57. The Morgan fingerprint density at radius 3 is 2.32 bits per heavy atom. The first kappa shape index (κ1) is 42.3. The predicted molar refractivity (Wildman–Crippen MR) is 204 cm³/mol. The van der Waals surface area contributed by atoms with Crippen LogP contribution in [-0.4, -0.2) is 118 Å². The van der Waals surface area contributed by atoms with E-state index in [9.17, 15) is 38.0 Å². The van der Waals surface area contributed by atoms with E-state index >= 15 is 0 Å². The van der Waals surface area contributed by atoms with Crippen LogP contribution in [0.1, 0.15) is 103 Å². The summed E-state index contributed by atoms with van der Waals surface area (Å²) < 4.78 is 20.1. The number of amides is 6. The lowest BCUT2D eigenvalue weighted by Gasteiger charge is -2.45. The lowest BCUT2D eigenvalue weighted by atomic mass is 9.79. The van der Waals surface area contributed by atoms with Crippen molar-refractivity contribution in [2.75, 3.05) is 20.1 Å². The third-order valence-electron chi connectivity index (χ3n) is 11.7. The highest BCUT2D eigenvalue weighted by molar-refractivity contribution is 5.99. The van der Waals surface area contributed by atoms with Gasteiger partial charge in [0, 0.05) is 26.6 Å². The molecular formula is C41H57FN6O8. The van der Waals surface area contributed by atoms with Crippen LogP contribution in [0.4, 0.5) is 4.39 Å². The van der Waals surface area contributed by atoms with Crippen LogP contribution in [0.5, 0.6) is 0 Å². The topological polar surface area (TPSA) is 175 Å². The number of ether oxygens (including phenoxy) is 1. The molecule has 3 saturated heterocycles.